The van der Waals surface area contributed by atoms with E-state index in [1.165, 1.54) is 4.88 Å². The first-order chi connectivity index (χ1) is 11.5. The molecule has 0 fully saturated rings. The predicted molar refractivity (Wildman–Crippen MR) is 96.5 cm³/mol. The van der Waals surface area contributed by atoms with Gasteiger partial charge in [-0.15, -0.1) is 11.3 Å². The molecule has 2 N–H and O–H groups in total. The number of nitrogens with zero attached hydrogens (tertiary/aromatic N) is 4. The molecule has 0 saturated heterocycles. The number of hydrogen-bond acceptors (Lipinski definition) is 6. The Bertz CT molecular complexity index is 676. The summed E-state index contributed by atoms with van der Waals surface area (Å²) in [5, 5.41) is 11.6. The average molecular weight is 350 g/mol. The lowest BCUT2D eigenvalue weighted by molar-refractivity contribution is 0.371. The number of nitrogens with one attached hydrogen (secondary N) is 2. The molecule has 7 nitrogen and oxygen atoms in total. The molecule has 0 saturated carbocycles. The second-order valence-corrected chi connectivity index (χ2v) is 7.10. The van der Waals surface area contributed by atoms with Gasteiger partial charge in [0.15, 0.2) is 11.8 Å². The van der Waals surface area contributed by atoms with Crippen LogP contribution in [-0.4, -0.2) is 34.2 Å². The molecule has 2 aromatic heterocycles. The first-order valence-corrected chi connectivity index (χ1v) is 9.08. The van der Waals surface area contributed by atoms with E-state index in [2.05, 4.69) is 30.8 Å². The van der Waals surface area contributed by atoms with Gasteiger partial charge in [0.05, 0.1) is 17.2 Å². The quantitative estimate of drug-likeness (QED) is 0.589. The van der Waals surface area contributed by atoms with Gasteiger partial charge in [0.25, 0.3) is 0 Å². The third-order valence-electron chi connectivity index (χ3n) is 3.36. The lowest BCUT2D eigenvalue weighted by Crippen LogP contribution is -2.38. The maximum absolute atomic E-state index is 5.25. The molecule has 2 aromatic rings. The van der Waals surface area contributed by atoms with E-state index in [0.29, 0.717) is 25.4 Å². The van der Waals surface area contributed by atoms with Gasteiger partial charge in [-0.3, -0.25) is 0 Å². The van der Waals surface area contributed by atoms with Crippen molar-refractivity contribution in [2.75, 3.05) is 13.1 Å². The highest BCUT2D eigenvalue weighted by molar-refractivity contribution is 7.11. The van der Waals surface area contributed by atoms with E-state index in [1.807, 2.05) is 34.6 Å². The van der Waals surface area contributed by atoms with Crippen molar-refractivity contribution < 1.29 is 4.52 Å². The Kier molecular flexibility index (Phi) is 6.72. The summed E-state index contributed by atoms with van der Waals surface area (Å²) in [7, 11) is 0. The molecule has 0 amide bonds. The summed E-state index contributed by atoms with van der Waals surface area (Å²) in [6.07, 6.45) is 0.669. The van der Waals surface area contributed by atoms with Crippen LogP contribution in [0.15, 0.2) is 9.52 Å². The summed E-state index contributed by atoms with van der Waals surface area (Å²) in [6, 6.07) is 0. The van der Waals surface area contributed by atoms with Crippen LogP contribution in [0.25, 0.3) is 0 Å². The number of hydrogen-bond donors (Lipinski definition) is 2. The summed E-state index contributed by atoms with van der Waals surface area (Å²) in [6.45, 7) is 12.3. The van der Waals surface area contributed by atoms with Crippen LogP contribution in [0, 0.1) is 13.8 Å². The summed E-state index contributed by atoms with van der Waals surface area (Å²) < 4.78 is 5.25. The molecule has 0 aliphatic carbocycles. The van der Waals surface area contributed by atoms with Gasteiger partial charge in [0.1, 0.15) is 0 Å². The minimum Gasteiger partial charge on any atom is -0.357 e. The Morgan fingerprint density at radius 2 is 2.04 bits per heavy atom. The van der Waals surface area contributed by atoms with E-state index in [1.54, 1.807) is 11.3 Å². The fourth-order valence-electron chi connectivity index (χ4n) is 2.10. The number of guanidine groups is 1. The van der Waals surface area contributed by atoms with E-state index in [0.717, 1.165) is 29.0 Å². The Hall–Kier alpha value is -1.96. The Morgan fingerprint density at radius 1 is 1.25 bits per heavy atom. The van der Waals surface area contributed by atoms with Crippen LogP contribution in [0.2, 0.25) is 0 Å². The normalized spacial score (nSPS) is 12.0. The van der Waals surface area contributed by atoms with Crippen LogP contribution >= 0.6 is 11.3 Å². The number of thiazole rings is 1. The molecular formula is C16H26N6OS. The minimum absolute atomic E-state index is 0.278. The lowest BCUT2D eigenvalue weighted by Gasteiger charge is -2.10. The highest BCUT2D eigenvalue weighted by Gasteiger charge is 2.09. The Balaban J connectivity index is 1.88. The van der Waals surface area contributed by atoms with Crippen LogP contribution in [0.3, 0.4) is 0 Å². The SMILES string of the molecule is CCNC(=NCc1sc(C)nc1C)NCCc1nc(C(C)C)no1. The van der Waals surface area contributed by atoms with Crippen molar-refractivity contribution >= 4 is 17.3 Å². The van der Waals surface area contributed by atoms with Gasteiger partial charge in [-0.2, -0.15) is 4.98 Å². The van der Waals surface area contributed by atoms with E-state index >= 15 is 0 Å². The van der Waals surface area contributed by atoms with Gasteiger partial charge < -0.3 is 15.2 Å². The van der Waals surface area contributed by atoms with Gasteiger partial charge in [-0.05, 0) is 20.8 Å². The molecule has 132 valence electrons. The molecule has 0 spiro atoms. The molecule has 0 bridgehead atoms. The molecule has 2 heterocycles. The van der Waals surface area contributed by atoms with Crippen molar-refractivity contribution in [1.82, 2.24) is 25.8 Å². The van der Waals surface area contributed by atoms with Crippen LogP contribution in [0.5, 0.6) is 0 Å². The van der Waals surface area contributed by atoms with Crippen LogP contribution in [0.1, 0.15) is 54.0 Å². The lowest BCUT2D eigenvalue weighted by atomic mass is 10.2. The maximum Gasteiger partial charge on any atom is 0.228 e. The number of aromatic nitrogens is 3. The van der Waals surface area contributed by atoms with Crippen molar-refractivity contribution in [2.45, 2.75) is 53.5 Å². The molecule has 0 radical (unpaired) electrons. The summed E-state index contributed by atoms with van der Waals surface area (Å²) in [4.78, 5) is 14.6. The summed E-state index contributed by atoms with van der Waals surface area (Å²) >= 11 is 1.69. The second kappa shape index (κ2) is 8.77. The van der Waals surface area contributed by atoms with Crippen molar-refractivity contribution in [3.63, 3.8) is 0 Å². The highest BCUT2D eigenvalue weighted by Crippen LogP contribution is 2.17. The third-order valence-corrected chi connectivity index (χ3v) is 4.41. The maximum atomic E-state index is 5.25. The molecule has 0 aliphatic heterocycles. The first kappa shape index (κ1) is 18.4. The zero-order valence-electron chi connectivity index (χ0n) is 15.0. The smallest absolute Gasteiger partial charge is 0.228 e. The number of rotatable bonds is 7. The van der Waals surface area contributed by atoms with Gasteiger partial charge in [0.2, 0.25) is 5.89 Å². The summed E-state index contributed by atoms with van der Waals surface area (Å²) in [5.74, 6) is 2.46. The standard InChI is InChI=1S/C16H26N6OS/c1-6-17-16(19-9-13-11(4)20-12(5)24-13)18-8-7-14-21-15(10(2)3)22-23-14/h10H,6-9H2,1-5H3,(H2,17,18,19). The van der Waals surface area contributed by atoms with Crippen LogP contribution in [0.4, 0.5) is 0 Å². The molecule has 8 heteroatoms. The van der Waals surface area contributed by atoms with E-state index < -0.39 is 0 Å². The van der Waals surface area contributed by atoms with Crippen molar-refractivity contribution in [3.8, 4) is 0 Å². The first-order valence-electron chi connectivity index (χ1n) is 8.27. The average Bonchev–Trinajstić information content (AvgIpc) is 3.11. The van der Waals surface area contributed by atoms with Gasteiger partial charge in [-0.1, -0.05) is 19.0 Å². The number of aliphatic imine (C=N–C) groups is 1. The largest absolute Gasteiger partial charge is 0.357 e. The fourth-order valence-corrected chi connectivity index (χ4v) is 2.97. The van der Waals surface area contributed by atoms with Crippen molar-refractivity contribution in [2.24, 2.45) is 4.99 Å². The number of aryl methyl sites for hydroxylation is 2. The zero-order chi connectivity index (χ0) is 17.5. The third kappa shape index (κ3) is 5.30. The molecule has 2 rings (SSSR count). The summed E-state index contributed by atoms with van der Waals surface area (Å²) in [5.41, 5.74) is 1.06. The topological polar surface area (TPSA) is 88.2 Å². The molecule has 0 unspecified atom stereocenters. The van der Waals surface area contributed by atoms with E-state index in [4.69, 9.17) is 4.52 Å². The molecule has 0 aromatic carbocycles. The van der Waals surface area contributed by atoms with Crippen molar-refractivity contribution in [3.05, 3.63) is 27.3 Å². The van der Waals surface area contributed by atoms with E-state index in [-0.39, 0.29) is 5.92 Å². The molecule has 0 aliphatic rings. The molecular weight excluding hydrogens is 324 g/mol. The van der Waals surface area contributed by atoms with Gasteiger partial charge in [-0.25, -0.2) is 9.98 Å². The van der Waals surface area contributed by atoms with Crippen molar-refractivity contribution in [1.29, 1.82) is 0 Å². The fraction of sp³-hybridized carbons (Fsp3) is 0.625. The molecule has 24 heavy (non-hydrogen) atoms. The van der Waals surface area contributed by atoms with E-state index in [9.17, 15) is 0 Å². The van der Waals surface area contributed by atoms with Gasteiger partial charge in [0, 0.05) is 30.3 Å². The van der Waals surface area contributed by atoms with Crippen LogP contribution < -0.4 is 10.6 Å². The zero-order valence-corrected chi connectivity index (χ0v) is 15.8. The van der Waals surface area contributed by atoms with Crippen LogP contribution in [-0.2, 0) is 13.0 Å². The Morgan fingerprint density at radius 3 is 2.62 bits per heavy atom. The minimum atomic E-state index is 0.278. The predicted octanol–water partition coefficient (Wildman–Crippen LogP) is 2.56. The highest BCUT2D eigenvalue weighted by atomic mass is 32.1. The second-order valence-electron chi connectivity index (χ2n) is 5.81. The Labute approximate surface area is 147 Å². The monoisotopic (exact) mass is 350 g/mol. The molecule has 0 atom stereocenters. The van der Waals surface area contributed by atoms with Gasteiger partial charge >= 0.3 is 0 Å².